The van der Waals surface area contributed by atoms with Gasteiger partial charge in [0.1, 0.15) is 4.90 Å². The molecule has 1 N–H and O–H groups in total. The predicted molar refractivity (Wildman–Crippen MR) is 84.5 cm³/mol. The fourth-order valence-corrected chi connectivity index (χ4v) is 3.79. The van der Waals surface area contributed by atoms with Gasteiger partial charge >= 0.3 is 0 Å². The second-order valence-electron chi connectivity index (χ2n) is 5.45. The molecule has 0 aliphatic carbocycles. The third kappa shape index (κ3) is 3.01. The lowest BCUT2D eigenvalue weighted by atomic mass is 9.91. The van der Waals surface area contributed by atoms with Crippen LogP contribution in [0.3, 0.4) is 0 Å². The van der Waals surface area contributed by atoms with Crippen LogP contribution in [-0.2, 0) is 16.5 Å². The molecule has 0 fully saturated rings. The Balaban J connectivity index is 2.75. The van der Waals surface area contributed by atoms with Gasteiger partial charge in [0.05, 0.1) is 0 Å². The van der Waals surface area contributed by atoms with E-state index in [0.717, 1.165) is 22.3 Å². The second kappa shape index (κ2) is 5.62. The quantitative estimate of drug-likeness (QED) is 0.878. The van der Waals surface area contributed by atoms with Crippen LogP contribution in [-0.4, -0.2) is 13.0 Å². The highest BCUT2D eigenvalue weighted by Gasteiger charge is 2.23. The van der Waals surface area contributed by atoms with Crippen molar-refractivity contribution >= 4 is 10.1 Å². The fourth-order valence-electron chi connectivity index (χ4n) is 2.72. The first-order chi connectivity index (χ1) is 9.73. The Labute approximate surface area is 126 Å². The van der Waals surface area contributed by atoms with Gasteiger partial charge in [0, 0.05) is 0 Å². The normalized spacial score (nSPS) is 11.7. The van der Waals surface area contributed by atoms with E-state index >= 15 is 0 Å². The van der Waals surface area contributed by atoms with E-state index < -0.39 is 10.1 Å². The summed E-state index contributed by atoms with van der Waals surface area (Å²) in [4.78, 5) is 0.0620. The zero-order valence-electron chi connectivity index (χ0n) is 12.8. The van der Waals surface area contributed by atoms with Gasteiger partial charge in [0.2, 0.25) is 0 Å². The van der Waals surface area contributed by atoms with Crippen molar-refractivity contribution in [2.24, 2.45) is 0 Å². The Morgan fingerprint density at radius 3 is 1.90 bits per heavy atom. The van der Waals surface area contributed by atoms with Crippen LogP contribution in [0.4, 0.5) is 0 Å². The van der Waals surface area contributed by atoms with Crippen molar-refractivity contribution in [3.63, 3.8) is 0 Å². The average molecular weight is 304 g/mol. The van der Waals surface area contributed by atoms with Crippen LogP contribution >= 0.6 is 0 Å². The van der Waals surface area contributed by atoms with Gasteiger partial charge in [0.15, 0.2) is 0 Å². The van der Waals surface area contributed by atoms with Crippen LogP contribution in [0.5, 0.6) is 0 Å². The summed E-state index contributed by atoms with van der Waals surface area (Å²) in [7, 11) is -4.25. The van der Waals surface area contributed by atoms with E-state index in [-0.39, 0.29) is 4.90 Å². The van der Waals surface area contributed by atoms with Crippen LogP contribution in [0.15, 0.2) is 35.2 Å². The molecule has 3 nitrogen and oxygen atoms in total. The molecular formula is C17H20O3S. The monoisotopic (exact) mass is 304 g/mol. The van der Waals surface area contributed by atoms with E-state index in [1.807, 2.05) is 51.1 Å². The molecular weight excluding hydrogens is 284 g/mol. The molecule has 0 bridgehead atoms. The summed E-state index contributed by atoms with van der Waals surface area (Å²) in [6, 6.07) is 9.68. The van der Waals surface area contributed by atoms with Gasteiger partial charge in [-0.3, -0.25) is 4.55 Å². The highest BCUT2D eigenvalue weighted by atomic mass is 32.2. The summed E-state index contributed by atoms with van der Waals surface area (Å²) in [6.07, 6.45) is 0.490. The van der Waals surface area contributed by atoms with Crippen LogP contribution in [0.2, 0.25) is 0 Å². The van der Waals surface area contributed by atoms with Gasteiger partial charge in [0.25, 0.3) is 10.1 Å². The summed E-state index contributed by atoms with van der Waals surface area (Å²) in [5.41, 5.74) is 5.25. The molecule has 0 saturated heterocycles. The van der Waals surface area contributed by atoms with E-state index in [2.05, 4.69) is 0 Å². The van der Waals surface area contributed by atoms with E-state index in [1.165, 1.54) is 0 Å². The molecule has 0 heterocycles. The van der Waals surface area contributed by atoms with Gasteiger partial charge in [-0.2, -0.15) is 8.42 Å². The molecule has 0 aliphatic heterocycles. The smallest absolute Gasteiger partial charge is 0.282 e. The molecule has 0 saturated carbocycles. The van der Waals surface area contributed by atoms with Crippen LogP contribution in [0, 0.1) is 27.7 Å². The van der Waals surface area contributed by atoms with Crippen LogP contribution in [0.1, 0.15) is 33.4 Å². The lowest BCUT2D eigenvalue weighted by Crippen LogP contribution is -2.11. The van der Waals surface area contributed by atoms with E-state index in [4.69, 9.17) is 0 Å². The maximum atomic E-state index is 11.8. The van der Waals surface area contributed by atoms with E-state index in [1.54, 1.807) is 6.92 Å². The standard InChI is InChI=1S/C17H20O3S/c1-11-12(2)14(4)17(21(18,19)20)16(13(11)3)10-15-8-6-5-7-9-15/h5-9H,10H2,1-4H3,(H,18,19,20). The molecule has 112 valence electrons. The number of hydrogen-bond donors (Lipinski definition) is 1. The first-order valence-electron chi connectivity index (χ1n) is 6.84. The predicted octanol–water partition coefficient (Wildman–Crippen LogP) is 3.76. The molecule has 0 atom stereocenters. The van der Waals surface area contributed by atoms with E-state index in [9.17, 15) is 13.0 Å². The minimum Gasteiger partial charge on any atom is -0.282 e. The summed E-state index contributed by atoms with van der Waals surface area (Å²) >= 11 is 0. The van der Waals surface area contributed by atoms with Crippen molar-refractivity contribution in [1.82, 2.24) is 0 Å². The first kappa shape index (κ1) is 15.7. The lowest BCUT2D eigenvalue weighted by Gasteiger charge is -2.19. The molecule has 0 aliphatic rings. The van der Waals surface area contributed by atoms with E-state index in [0.29, 0.717) is 17.5 Å². The van der Waals surface area contributed by atoms with Crippen molar-refractivity contribution in [2.75, 3.05) is 0 Å². The topological polar surface area (TPSA) is 54.4 Å². The summed E-state index contributed by atoms with van der Waals surface area (Å²) in [5.74, 6) is 0. The Morgan fingerprint density at radius 1 is 0.857 bits per heavy atom. The van der Waals surface area contributed by atoms with Crippen molar-refractivity contribution in [3.05, 3.63) is 63.7 Å². The minimum atomic E-state index is -4.25. The highest BCUT2D eigenvalue weighted by Crippen LogP contribution is 2.31. The maximum Gasteiger partial charge on any atom is 0.295 e. The minimum absolute atomic E-state index is 0.0620. The zero-order chi connectivity index (χ0) is 15.8. The number of hydrogen-bond acceptors (Lipinski definition) is 2. The molecule has 0 aromatic heterocycles. The number of rotatable bonds is 3. The van der Waals surface area contributed by atoms with Crippen molar-refractivity contribution in [3.8, 4) is 0 Å². The SMILES string of the molecule is Cc1c(C)c(C)c(S(=O)(=O)O)c(Cc2ccccc2)c1C. The van der Waals surface area contributed by atoms with Crippen molar-refractivity contribution in [1.29, 1.82) is 0 Å². The Bertz CT molecular complexity index is 776. The Kier molecular flexibility index (Phi) is 4.21. The van der Waals surface area contributed by atoms with Gasteiger partial charge in [-0.25, -0.2) is 0 Å². The third-order valence-electron chi connectivity index (χ3n) is 4.24. The first-order valence-corrected chi connectivity index (χ1v) is 8.28. The van der Waals surface area contributed by atoms with Crippen molar-refractivity contribution in [2.45, 2.75) is 39.0 Å². The fraction of sp³-hybridized carbons (Fsp3) is 0.294. The molecule has 0 amide bonds. The third-order valence-corrected chi connectivity index (χ3v) is 5.31. The highest BCUT2D eigenvalue weighted by molar-refractivity contribution is 7.86. The molecule has 0 spiro atoms. The van der Waals surface area contributed by atoms with Gasteiger partial charge in [-0.15, -0.1) is 0 Å². The zero-order valence-corrected chi connectivity index (χ0v) is 13.6. The summed E-state index contributed by atoms with van der Waals surface area (Å²) in [6.45, 7) is 7.53. The molecule has 0 unspecified atom stereocenters. The molecule has 2 aromatic rings. The van der Waals surface area contributed by atoms with Gasteiger partial charge in [-0.05, 0) is 67.5 Å². The average Bonchev–Trinajstić information content (AvgIpc) is 2.42. The van der Waals surface area contributed by atoms with Crippen LogP contribution < -0.4 is 0 Å². The van der Waals surface area contributed by atoms with Gasteiger partial charge in [-0.1, -0.05) is 30.3 Å². The summed E-state index contributed by atoms with van der Waals surface area (Å²) < 4.78 is 33.3. The van der Waals surface area contributed by atoms with Gasteiger partial charge < -0.3 is 0 Å². The lowest BCUT2D eigenvalue weighted by molar-refractivity contribution is 0.481. The molecule has 2 aromatic carbocycles. The Hall–Kier alpha value is -1.65. The molecule has 4 heteroatoms. The molecule has 0 radical (unpaired) electrons. The molecule has 21 heavy (non-hydrogen) atoms. The summed E-state index contributed by atoms with van der Waals surface area (Å²) in [5, 5.41) is 0. The maximum absolute atomic E-state index is 11.8. The van der Waals surface area contributed by atoms with Crippen molar-refractivity contribution < 1.29 is 13.0 Å². The number of benzene rings is 2. The Morgan fingerprint density at radius 2 is 1.38 bits per heavy atom. The largest absolute Gasteiger partial charge is 0.295 e. The van der Waals surface area contributed by atoms with Crippen LogP contribution in [0.25, 0.3) is 0 Å². The molecule has 2 rings (SSSR count). The second-order valence-corrected chi connectivity index (χ2v) is 6.80.